The lowest BCUT2D eigenvalue weighted by molar-refractivity contribution is -0.508. The standard InChI is InChI=1S/C21H32O3S/c1-20(18-25-19-13-9-8-10-14-19)17-22-21(24-23-20)15-11-6-4-2-3-5-7-12-16-21/h8-10,13-14H,2-7,11-12,15-18H2,1H3. The maximum Gasteiger partial charge on any atom is 0.201 e. The van der Waals surface area contributed by atoms with Crippen LogP contribution in [0, 0.1) is 0 Å². The molecule has 2 fully saturated rings. The van der Waals surface area contributed by atoms with Gasteiger partial charge in [-0.05, 0) is 31.9 Å². The van der Waals surface area contributed by atoms with E-state index in [1.165, 1.54) is 56.3 Å². The molecule has 1 saturated heterocycles. The van der Waals surface area contributed by atoms with Crippen molar-refractivity contribution >= 4 is 11.8 Å². The largest absolute Gasteiger partial charge is 0.344 e. The molecular weight excluding hydrogens is 332 g/mol. The molecule has 3 nitrogen and oxygen atoms in total. The molecule has 1 heterocycles. The molecule has 0 aromatic heterocycles. The maximum atomic E-state index is 6.32. The Hall–Kier alpha value is -0.550. The molecule has 0 bridgehead atoms. The Bertz CT molecular complexity index is 483. The average Bonchev–Trinajstić information content (AvgIpc) is 2.70. The fraction of sp³-hybridized carbons (Fsp3) is 0.714. The highest BCUT2D eigenvalue weighted by molar-refractivity contribution is 7.99. The zero-order valence-corrected chi connectivity index (χ0v) is 16.3. The molecule has 1 aromatic rings. The van der Waals surface area contributed by atoms with Crippen LogP contribution in [0.25, 0.3) is 0 Å². The van der Waals surface area contributed by atoms with Gasteiger partial charge in [-0.2, -0.15) is 0 Å². The van der Waals surface area contributed by atoms with Crippen LogP contribution in [0.1, 0.15) is 71.1 Å². The lowest BCUT2D eigenvalue weighted by Gasteiger charge is -2.43. The molecule has 140 valence electrons. The van der Waals surface area contributed by atoms with E-state index in [0.29, 0.717) is 6.61 Å². The predicted molar refractivity (Wildman–Crippen MR) is 103 cm³/mol. The minimum atomic E-state index is -0.513. The van der Waals surface area contributed by atoms with Gasteiger partial charge in [0.1, 0.15) is 5.60 Å². The highest BCUT2D eigenvalue weighted by atomic mass is 32.2. The van der Waals surface area contributed by atoms with Crippen LogP contribution in [0.4, 0.5) is 0 Å². The first-order chi connectivity index (χ1) is 12.2. The first-order valence-electron chi connectivity index (χ1n) is 9.89. The van der Waals surface area contributed by atoms with E-state index in [4.69, 9.17) is 14.5 Å². The number of ether oxygens (including phenoxy) is 1. The summed E-state index contributed by atoms with van der Waals surface area (Å²) in [7, 11) is 0. The summed E-state index contributed by atoms with van der Waals surface area (Å²) in [5.41, 5.74) is -0.391. The van der Waals surface area contributed by atoms with Gasteiger partial charge in [0.05, 0.1) is 6.61 Å². The third kappa shape index (κ3) is 5.99. The molecule has 1 atom stereocenters. The van der Waals surface area contributed by atoms with Crippen LogP contribution in [0.2, 0.25) is 0 Å². The summed E-state index contributed by atoms with van der Waals surface area (Å²) in [4.78, 5) is 13.1. The molecule has 4 heteroatoms. The number of thioether (sulfide) groups is 1. The summed E-state index contributed by atoms with van der Waals surface area (Å²) in [6.45, 7) is 2.69. The van der Waals surface area contributed by atoms with E-state index in [-0.39, 0.29) is 0 Å². The Kier molecular flexibility index (Phi) is 7.23. The van der Waals surface area contributed by atoms with E-state index < -0.39 is 11.4 Å². The summed E-state index contributed by atoms with van der Waals surface area (Å²) >= 11 is 1.79. The molecule has 1 aromatic carbocycles. The van der Waals surface area contributed by atoms with Gasteiger partial charge in [0.15, 0.2) is 0 Å². The van der Waals surface area contributed by atoms with Gasteiger partial charge < -0.3 is 4.74 Å². The van der Waals surface area contributed by atoms with Crippen molar-refractivity contribution in [1.82, 2.24) is 0 Å². The number of hydrogen-bond donors (Lipinski definition) is 0. The molecule has 1 aliphatic carbocycles. The Morgan fingerprint density at radius 2 is 1.44 bits per heavy atom. The monoisotopic (exact) mass is 364 g/mol. The van der Waals surface area contributed by atoms with Gasteiger partial charge in [0, 0.05) is 23.5 Å². The molecule has 3 rings (SSSR count). The minimum Gasteiger partial charge on any atom is -0.344 e. The third-order valence-electron chi connectivity index (χ3n) is 5.19. The number of benzene rings is 1. The molecule has 1 spiro atoms. The number of hydrogen-bond acceptors (Lipinski definition) is 4. The summed E-state index contributed by atoms with van der Waals surface area (Å²) in [6, 6.07) is 10.4. The van der Waals surface area contributed by atoms with Crippen molar-refractivity contribution in [2.75, 3.05) is 12.4 Å². The van der Waals surface area contributed by atoms with Crippen molar-refractivity contribution in [3.63, 3.8) is 0 Å². The highest BCUT2D eigenvalue weighted by Gasteiger charge is 2.43. The fourth-order valence-corrected chi connectivity index (χ4v) is 4.48. The first kappa shape index (κ1) is 19.2. The van der Waals surface area contributed by atoms with E-state index in [1.807, 2.05) is 6.07 Å². The van der Waals surface area contributed by atoms with Gasteiger partial charge in [-0.3, -0.25) is 0 Å². The van der Waals surface area contributed by atoms with Gasteiger partial charge in [0.25, 0.3) is 0 Å². The van der Waals surface area contributed by atoms with Gasteiger partial charge in [-0.25, -0.2) is 9.78 Å². The number of rotatable bonds is 3. The molecule has 0 N–H and O–H groups in total. The van der Waals surface area contributed by atoms with Crippen LogP contribution in [-0.2, 0) is 14.5 Å². The topological polar surface area (TPSA) is 27.7 Å². The van der Waals surface area contributed by atoms with E-state index >= 15 is 0 Å². The van der Waals surface area contributed by atoms with Gasteiger partial charge in [-0.1, -0.05) is 56.7 Å². The second-order valence-corrected chi connectivity index (χ2v) is 8.79. The van der Waals surface area contributed by atoms with E-state index in [9.17, 15) is 0 Å². The van der Waals surface area contributed by atoms with Crippen LogP contribution in [0.3, 0.4) is 0 Å². The molecule has 0 amide bonds. The third-order valence-corrected chi connectivity index (χ3v) is 6.55. The van der Waals surface area contributed by atoms with Crippen molar-refractivity contribution < 1.29 is 14.5 Å². The van der Waals surface area contributed by atoms with E-state index in [0.717, 1.165) is 18.6 Å². The summed E-state index contributed by atoms with van der Waals surface area (Å²) in [5, 5.41) is 0. The Balaban J connectivity index is 1.52. The van der Waals surface area contributed by atoms with Crippen LogP contribution < -0.4 is 0 Å². The van der Waals surface area contributed by atoms with Crippen LogP contribution >= 0.6 is 11.8 Å². The molecule has 1 aliphatic heterocycles. The Morgan fingerprint density at radius 1 is 0.840 bits per heavy atom. The van der Waals surface area contributed by atoms with Crippen molar-refractivity contribution in [3.05, 3.63) is 30.3 Å². The van der Waals surface area contributed by atoms with Crippen molar-refractivity contribution in [2.45, 2.75) is 87.4 Å². The van der Waals surface area contributed by atoms with Crippen LogP contribution in [0.15, 0.2) is 35.2 Å². The molecular formula is C21H32O3S. The zero-order chi connectivity index (χ0) is 17.4. The summed E-state index contributed by atoms with van der Waals surface area (Å²) in [5.74, 6) is 0.314. The second kappa shape index (κ2) is 9.40. The predicted octanol–water partition coefficient (Wildman–Crippen LogP) is 6.13. The van der Waals surface area contributed by atoms with E-state index in [1.54, 1.807) is 11.8 Å². The molecule has 2 aliphatic rings. The normalized spacial score (nSPS) is 28.4. The second-order valence-electron chi connectivity index (χ2n) is 7.75. The zero-order valence-electron chi connectivity index (χ0n) is 15.5. The smallest absolute Gasteiger partial charge is 0.201 e. The van der Waals surface area contributed by atoms with Gasteiger partial charge in [-0.15, -0.1) is 11.8 Å². The van der Waals surface area contributed by atoms with Crippen LogP contribution in [-0.4, -0.2) is 23.7 Å². The van der Waals surface area contributed by atoms with Crippen LogP contribution in [0.5, 0.6) is 0 Å². The SMILES string of the molecule is CC1(CSc2ccccc2)COC2(CCCCCCCCCC2)OO1. The minimum absolute atomic E-state index is 0.391. The summed E-state index contributed by atoms with van der Waals surface area (Å²) in [6.07, 6.45) is 12.2. The van der Waals surface area contributed by atoms with Crippen molar-refractivity contribution in [2.24, 2.45) is 0 Å². The molecule has 1 saturated carbocycles. The lowest BCUT2D eigenvalue weighted by Crippen LogP contribution is -2.52. The van der Waals surface area contributed by atoms with Crippen molar-refractivity contribution in [3.8, 4) is 0 Å². The quantitative estimate of drug-likeness (QED) is 0.476. The first-order valence-corrected chi connectivity index (χ1v) is 10.9. The maximum absolute atomic E-state index is 6.32. The molecule has 1 unspecified atom stereocenters. The Labute approximate surface area is 156 Å². The molecule has 0 radical (unpaired) electrons. The average molecular weight is 365 g/mol. The van der Waals surface area contributed by atoms with Gasteiger partial charge in [0.2, 0.25) is 5.79 Å². The lowest BCUT2D eigenvalue weighted by atomic mass is 10.0. The fourth-order valence-electron chi connectivity index (χ4n) is 3.53. The highest BCUT2D eigenvalue weighted by Crippen LogP contribution is 2.37. The van der Waals surface area contributed by atoms with Gasteiger partial charge >= 0.3 is 0 Å². The Morgan fingerprint density at radius 3 is 2.00 bits per heavy atom. The van der Waals surface area contributed by atoms with E-state index in [2.05, 4.69) is 31.2 Å². The molecule has 25 heavy (non-hydrogen) atoms. The summed E-state index contributed by atoms with van der Waals surface area (Å²) < 4.78 is 6.32. The van der Waals surface area contributed by atoms with Crippen molar-refractivity contribution in [1.29, 1.82) is 0 Å².